The number of nitrogens with zero attached hydrogens (tertiary/aromatic N) is 1. The van der Waals surface area contributed by atoms with Crippen LogP contribution in [0, 0.1) is 6.92 Å². The second-order valence-electron chi connectivity index (χ2n) is 8.16. The molecule has 4 rings (SSSR count). The Morgan fingerprint density at radius 1 is 1.06 bits per heavy atom. The maximum Gasteiger partial charge on any atom is 0.339 e. The SMILES string of the molecule is Cc1ccc(S(=O)(=O)N2CCCCC2)cc1NC(=O)COC(=O)c1cc(=O)[nH]c2ccccc12. The van der Waals surface area contributed by atoms with E-state index in [-0.39, 0.29) is 10.5 Å². The standard InChI is InChI=1S/C24H25N3O6S/c1-16-9-10-17(34(31,32)27-11-5-2-6-12-27)13-21(16)26-23(29)15-33-24(30)19-14-22(28)25-20-8-4-3-7-18(19)20/h3-4,7-10,13-14H,2,5-6,11-12,15H2,1H3,(H,25,28)(H,26,29). The molecule has 0 atom stereocenters. The molecule has 1 aliphatic rings. The highest BCUT2D eigenvalue weighted by Crippen LogP contribution is 2.25. The summed E-state index contributed by atoms with van der Waals surface area (Å²) in [7, 11) is -3.66. The molecule has 0 unspecified atom stereocenters. The molecule has 2 aromatic carbocycles. The van der Waals surface area contributed by atoms with E-state index >= 15 is 0 Å². The number of aryl methyl sites for hydroxylation is 1. The fourth-order valence-corrected chi connectivity index (χ4v) is 5.46. The Morgan fingerprint density at radius 2 is 1.79 bits per heavy atom. The summed E-state index contributed by atoms with van der Waals surface area (Å²) in [4.78, 5) is 39.6. The van der Waals surface area contributed by atoms with Crippen LogP contribution in [0.5, 0.6) is 0 Å². The topological polar surface area (TPSA) is 126 Å². The fourth-order valence-electron chi connectivity index (χ4n) is 3.92. The number of piperidine rings is 1. The van der Waals surface area contributed by atoms with E-state index in [4.69, 9.17) is 4.74 Å². The van der Waals surface area contributed by atoms with E-state index in [2.05, 4.69) is 10.3 Å². The molecule has 1 aromatic heterocycles. The number of amides is 1. The number of aromatic amines is 1. The zero-order chi connectivity index (χ0) is 24.3. The van der Waals surface area contributed by atoms with E-state index in [0.717, 1.165) is 25.3 Å². The molecule has 0 aliphatic carbocycles. The van der Waals surface area contributed by atoms with Crippen molar-refractivity contribution in [3.63, 3.8) is 0 Å². The number of carbonyl (C=O) groups excluding carboxylic acids is 2. The van der Waals surface area contributed by atoms with E-state index in [1.807, 2.05) is 0 Å². The number of rotatable bonds is 6. The molecule has 10 heteroatoms. The third kappa shape index (κ3) is 5.02. The Bertz CT molecular complexity index is 1410. The summed E-state index contributed by atoms with van der Waals surface area (Å²) >= 11 is 0. The lowest BCUT2D eigenvalue weighted by Gasteiger charge is -2.26. The molecular formula is C24H25N3O6S. The summed E-state index contributed by atoms with van der Waals surface area (Å²) in [5, 5.41) is 3.11. The number of esters is 1. The maximum atomic E-state index is 13.0. The molecule has 3 aromatic rings. The number of sulfonamides is 1. The number of aromatic nitrogens is 1. The van der Waals surface area contributed by atoms with Gasteiger partial charge in [0.25, 0.3) is 5.91 Å². The van der Waals surface area contributed by atoms with E-state index in [0.29, 0.717) is 35.2 Å². The first-order chi connectivity index (χ1) is 16.3. The average Bonchev–Trinajstić information content (AvgIpc) is 2.83. The quantitative estimate of drug-likeness (QED) is 0.520. The van der Waals surface area contributed by atoms with Crippen molar-refractivity contribution in [1.29, 1.82) is 0 Å². The Kier molecular flexibility index (Phi) is 6.80. The molecule has 2 heterocycles. The first-order valence-electron chi connectivity index (χ1n) is 11.0. The number of fused-ring (bicyclic) bond motifs is 1. The number of hydrogen-bond acceptors (Lipinski definition) is 6. The van der Waals surface area contributed by atoms with E-state index in [9.17, 15) is 22.8 Å². The first-order valence-corrected chi connectivity index (χ1v) is 12.4. The second kappa shape index (κ2) is 9.78. The number of benzene rings is 2. The van der Waals surface area contributed by atoms with Gasteiger partial charge in [0.2, 0.25) is 15.6 Å². The number of ether oxygens (including phenoxy) is 1. The molecule has 9 nitrogen and oxygen atoms in total. The zero-order valence-corrected chi connectivity index (χ0v) is 19.5. The summed E-state index contributed by atoms with van der Waals surface area (Å²) in [5.41, 5.74) is 1.06. The molecule has 1 amide bonds. The van der Waals surface area contributed by atoms with Crippen molar-refractivity contribution < 1.29 is 22.7 Å². The highest BCUT2D eigenvalue weighted by atomic mass is 32.2. The van der Waals surface area contributed by atoms with Crippen LogP contribution in [0.1, 0.15) is 35.2 Å². The fraction of sp³-hybridized carbons (Fsp3) is 0.292. The van der Waals surface area contributed by atoms with Gasteiger partial charge in [0.05, 0.1) is 10.5 Å². The van der Waals surface area contributed by atoms with Gasteiger partial charge >= 0.3 is 5.97 Å². The molecule has 0 saturated carbocycles. The highest BCUT2D eigenvalue weighted by Gasteiger charge is 2.26. The van der Waals surface area contributed by atoms with Crippen molar-refractivity contribution in [3.05, 3.63) is 70.0 Å². The number of nitrogens with one attached hydrogen (secondary N) is 2. The van der Waals surface area contributed by atoms with Gasteiger partial charge in [-0.3, -0.25) is 9.59 Å². The Balaban J connectivity index is 1.46. The van der Waals surface area contributed by atoms with Gasteiger partial charge in [-0.25, -0.2) is 13.2 Å². The van der Waals surface area contributed by atoms with Gasteiger partial charge in [-0.15, -0.1) is 0 Å². The van der Waals surface area contributed by atoms with Gasteiger partial charge in [-0.1, -0.05) is 30.7 Å². The predicted molar refractivity (Wildman–Crippen MR) is 127 cm³/mol. The van der Waals surface area contributed by atoms with Gasteiger partial charge in [0.1, 0.15) is 0 Å². The van der Waals surface area contributed by atoms with Gasteiger partial charge in [0, 0.05) is 35.7 Å². The number of anilines is 1. The number of hydrogen-bond donors (Lipinski definition) is 2. The Morgan fingerprint density at radius 3 is 2.56 bits per heavy atom. The van der Waals surface area contributed by atoms with Crippen LogP contribution >= 0.6 is 0 Å². The largest absolute Gasteiger partial charge is 0.452 e. The number of H-pyrrole nitrogens is 1. The third-order valence-corrected chi connectivity index (χ3v) is 7.64. The minimum Gasteiger partial charge on any atom is -0.452 e. The van der Waals surface area contributed by atoms with Crippen LogP contribution in [-0.2, 0) is 19.6 Å². The van der Waals surface area contributed by atoms with Gasteiger partial charge in [-0.2, -0.15) is 4.31 Å². The molecule has 2 N–H and O–H groups in total. The minimum atomic E-state index is -3.66. The van der Waals surface area contributed by atoms with Gasteiger partial charge in [0.15, 0.2) is 6.61 Å². The van der Waals surface area contributed by atoms with Crippen molar-refractivity contribution in [2.24, 2.45) is 0 Å². The number of pyridine rings is 1. The lowest BCUT2D eigenvalue weighted by atomic mass is 10.1. The summed E-state index contributed by atoms with van der Waals surface area (Å²) < 4.78 is 32.5. The van der Waals surface area contributed by atoms with E-state index in [1.54, 1.807) is 37.3 Å². The van der Waals surface area contributed by atoms with Crippen molar-refractivity contribution in [3.8, 4) is 0 Å². The molecular weight excluding hydrogens is 458 g/mol. The summed E-state index contributed by atoms with van der Waals surface area (Å²) in [6.07, 6.45) is 2.65. The molecule has 34 heavy (non-hydrogen) atoms. The molecule has 0 spiro atoms. The van der Waals surface area contributed by atoms with Crippen LogP contribution in [0.3, 0.4) is 0 Å². The van der Waals surface area contributed by atoms with Crippen molar-refractivity contribution >= 4 is 38.5 Å². The Labute approximate surface area is 196 Å². The molecule has 0 radical (unpaired) electrons. The highest BCUT2D eigenvalue weighted by molar-refractivity contribution is 7.89. The monoisotopic (exact) mass is 483 g/mol. The number of carbonyl (C=O) groups is 2. The van der Waals surface area contributed by atoms with Crippen LogP contribution in [0.2, 0.25) is 0 Å². The predicted octanol–water partition coefficient (Wildman–Crippen LogP) is 2.81. The average molecular weight is 484 g/mol. The summed E-state index contributed by atoms with van der Waals surface area (Å²) in [6.45, 7) is 2.10. The molecule has 1 fully saturated rings. The van der Waals surface area contributed by atoms with Crippen LogP contribution in [0.15, 0.2) is 58.2 Å². The number of para-hydroxylation sites is 1. The zero-order valence-electron chi connectivity index (χ0n) is 18.7. The van der Waals surface area contributed by atoms with Crippen molar-refractivity contribution in [2.45, 2.75) is 31.1 Å². The maximum absolute atomic E-state index is 13.0. The van der Waals surface area contributed by atoms with E-state index < -0.39 is 34.1 Å². The normalized spacial score (nSPS) is 14.6. The minimum absolute atomic E-state index is 0.0537. The van der Waals surface area contributed by atoms with Crippen molar-refractivity contribution in [2.75, 3.05) is 25.0 Å². The summed E-state index contributed by atoms with van der Waals surface area (Å²) in [5.74, 6) is -1.44. The second-order valence-corrected chi connectivity index (χ2v) is 10.1. The first kappa shape index (κ1) is 23.7. The Hall–Kier alpha value is -3.50. The van der Waals surface area contributed by atoms with Crippen molar-refractivity contribution in [1.82, 2.24) is 9.29 Å². The van der Waals surface area contributed by atoms with Crippen LogP contribution in [0.4, 0.5) is 5.69 Å². The van der Waals surface area contributed by atoms with E-state index in [1.165, 1.54) is 16.4 Å². The lowest BCUT2D eigenvalue weighted by molar-refractivity contribution is -0.119. The molecule has 0 bridgehead atoms. The molecule has 1 saturated heterocycles. The van der Waals surface area contributed by atoms with Crippen LogP contribution in [-0.4, -0.2) is 49.3 Å². The van der Waals surface area contributed by atoms with Gasteiger partial charge < -0.3 is 15.0 Å². The van der Waals surface area contributed by atoms with Crippen LogP contribution in [0.25, 0.3) is 10.9 Å². The molecule has 178 valence electrons. The lowest BCUT2D eigenvalue weighted by Crippen LogP contribution is -2.35. The molecule has 1 aliphatic heterocycles. The third-order valence-electron chi connectivity index (χ3n) is 5.74. The van der Waals surface area contributed by atoms with Gasteiger partial charge in [-0.05, 0) is 43.5 Å². The smallest absolute Gasteiger partial charge is 0.339 e. The van der Waals surface area contributed by atoms with Crippen LogP contribution < -0.4 is 10.9 Å². The summed E-state index contributed by atoms with van der Waals surface area (Å²) in [6, 6.07) is 12.5.